The number of methoxy groups -OCH3 is 2. The van der Waals surface area contributed by atoms with E-state index in [1.807, 2.05) is 25.1 Å². The van der Waals surface area contributed by atoms with Gasteiger partial charge in [0.2, 0.25) is 5.88 Å². The summed E-state index contributed by atoms with van der Waals surface area (Å²) in [6.45, 7) is 7.70. The molecule has 0 bridgehead atoms. The van der Waals surface area contributed by atoms with Gasteiger partial charge < -0.3 is 19.5 Å². The van der Waals surface area contributed by atoms with Crippen LogP contribution < -0.4 is 19.5 Å². The van der Waals surface area contributed by atoms with Crippen molar-refractivity contribution < 1.29 is 14.2 Å². The lowest BCUT2D eigenvalue weighted by Gasteiger charge is -2.16. The highest BCUT2D eigenvalue weighted by molar-refractivity contribution is 5.73. The molecule has 0 saturated heterocycles. The van der Waals surface area contributed by atoms with E-state index in [4.69, 9.17) is 19.2 Å². The number of hydrogen-bond acceptors (Lipinski definition) is 6. The molecule has 0 aliphatic heterocycles. The number of hydrogen-bond donors (Lipinski definition) is 1. The second-order valence-corrected chi connectivity index (χ2v) is 6.16. The monoisotopic (exact) mass is 373 g/mol. The summed E-state index contributed by atoms with van der Waals surface area (Å²) >= 11 is 0. The fraction of sp³-hybridized carbons (Fsp3) is 0.524. The predicted octanol–water partition coefficient (Wildman–Crippen LogP) is 4.72. The van der Waals surface area contributed by atoms with Gasteiger partial charge in [0.25, 0.3) is 0 Å². The third-order valence-corrected chi connectivity index (χ3v) is 4.28. The van der Waals surface area contributed by atoms with Gasteiger partial charge in [-0.1, -0.05) is 26.7 Å². The number of unbranched alkanes of at least 4 members (excludes halogenated alkanes) is 2. The van der Waals surface area contributed by atoms with Gasteiger partial charge in [0.15, 0.2) is 5.82 Å². The molecule has 148 valence electrons. The van der Waals surface area contributed by atoms with Crippen LogP contribution in [0.3, 0.4) is 0 Å². The van der Waals surface area contributed by atoms with Crippen molar-refractivity contribution in [3.63, 3.8) is 0 Å². The SMILES string of the molecule is CCCCCNc1nc(OC)c(-c2ccc(OCC)cc2OC)nc1CC. The van der Waals surface area contributed by atoms with E-state index in [9.17, 15) is 0 Å². The Morgan fingerprint density at radius 2 is 1.81 bits per heavy atom. The zero-order valence-electron chi connectivity index (χ0n) is 17.1. The zero-order valence-corrected chi connectivity index (χ0v) is 17.1. The van der Waals surface area contributed by atoms with Crippen LogP contribution in [0.15, 0.2) is 18.2 Å². The van der Waals surface area contributed by atoms with Crippen LogP contribution in [0.25, 0.3) is 11.3 Å². The Labute approximate surface area is 162 Å². The fourth-order valence-corrected chi connectivity index (χ4v) is 2.87. The maximum atomic E-state index is 5.57. The second kappa shape index (κ2) is 10.6. The van der Waals surface area contributed by atoms with E-state index in [0.29, 0.717) is 23.9 Å². The Morgan fingerprint density at radius 1 is 1.00 bits per heavy atom. The first-order valence-corrected chi connectivity index (χ1v) is 9.68. The molecule has 6 nitrogen and oxygen atoms in total. The van der Waals surface area contributed by atoms with Gasteiger partial charge in [0, 0.05) is 18.2 Å². The number of anilines is 1. The number of aryl methyl sites for hydroxylation is 1. The Morgan fingerprint density at radius 3 is 2.44 bits per heavy atom. The normalized spacial score (nSPS) is 10.6. The van der Waals surface area contributed by atoms with Crippen molar-refractivity contribution in [3.8, 4) is 28.6 Å². The largest absolute Gasteiger partial charge is 0.496 e. The predicted molar refractivity (Wildman–Crippen MR) is 109 cm³/mol. The topological polar surface area (TPSA) is 65.5 Å². The average Bonchev–Trinajstić information content (AvgIpc) is 2.70. The first-order chi connectivity index (χ1) is 13.2. The molecule has 2 aromatic rings. The molecular formula is C21H31N3O3. The molecule has 27 heavy (non-hydrogen) atoms. The maximum absolute atomic E-state index is 5.57. The second-order valence-electron chi connectivity index (χ2n) is 6.16. The van der Waals surface area contributed by atoms with Crippen molar-refractivity contribution in [2.45, 2.75) is 46.5 Å². The summed E-state index contributed by atoms with van der Waals surface area (Å²) < 4.78 is 16.7. The van der Waals surface area contributed by atoms with Crippen LogP contribution in [0.4, 0.5) is 5.82 Å². The number of nitrogens with zero attached hydrogens (tertiary/aromatic N) is 2. The maximum Gasteiger partial charge on any atom is 0.242 e. The molecule has 0 unspecified atom stereocenters. The van der Waals surface area contributed by atoms with Gasteiger partial charge >= 0.3 is 0 Å². The molecule has 1 heterocycles. The molecule has 0 amide bonds. The Balaban J connectivity index is 2.41. The lowest BCUT2D eigenvalue weighted by molar-refractivity contribution is 0.336. The Bertz CT molecular complexity index is 735. The number of nitrogens with one attached hydrogen (secondary N) is 1. The minimum absolute atomic E-state index is 0.479. The minimum Gasteiger partial charge on any atom is -0.496 e. The molecule has 2 rings (SSSR count). The van der Waals surface area contributed by atoms with Gasteiger partial charge in [-0.15, -0.1) is 0 Å². The highest BCUT2D eigenvalue weighted by Crippen LogP contribution is 2.37. The fourth-order valence-electron chi connectivity index (χ4n) is 2.87. The first kappa shape index (κ1) is 20.8. The van der Waals surface area contributed by atoms with Crippen LogP contribution in [-0.4, -0.2) is 37.3 Å². The van der Waals surface area contributed by atoms with Crippen LogP contribution in [-0.2, 0) is 6.42 Å². The summed E-state index contributed by atoms with van der Waals surface area (Å²) in [5.74, 6) is 2.71. The summed E-state index contributed by atoms with van der Waals surface area (Å²) in [5, 5.41) is 3.40. The molecule has 6 heteroatoms. The minimum atomic E-state index is 0.479. The van der Waals surface area contributed by atoms with Crippen LogP contribution >= 0.6 is 0 Å². The summed E-state index contributed by atoms with van der Waals surface area (Å²) in [6.07, 6.45) is 4.27. The van der Waals surface area contributed by atoms with E-state index < -0.39 is 0 Å². The first-order valence-electron chi connectivity index (χ1n) is 9.68. The van der Waals surface area contributed by atoms with E-state index in [0.717, 1.165) is 42.2 Å². The summed E-state index contributed by atoms with van der Waals surface area (Å²) in [6, 6.07) is 5.71. The number of aromatic nitrogens is 2. The van der Waals surface area contributed by atoms with E-state index >= 15 is 0 Å². The zero-order chi connectivity index (χ0) is 19.6. The number of benzene rings is 1. The highest BCUT2D eigenvalue weighted by atomic mass is 16.5. The molecule has 0 atom stereocenters. The van der Waals surface area contributed by atoms with Gasteiger partial charge in [-0.25, -0.2) is 4.98 Å². The molecule has 0 radical (unpaired) electrons. The summed E-state index contributed by atoms with van der Waals surface area (Å²) in [4.78, 5) is 9.53. The average molecular weight is 373 g/mol. The summed E-state index contributed by atoms with van der Waals surface area (Å²) in [5.41, 5.74) is 2.42. The smallest absolute Gasteiger partial charge is 0.242 e. The van der Waals surface area contributed by atoms with Gasteiger partial charge in [-0.2, -0.15) is 4.98 Å². The van der Waals surface area contributed by atoms with Crippen molar-refractivity contribution in [2.75, 3.05) is 32.7 Å². The van der Waals surface area contributed by atoms with Crippen molar-refractivity contribution in [1.82, 2.24) is 9.97 Å². The molecule has 1 aromatic heterocycles. The molecule has 0 aliphatic carbocycles. The molecular weight excluding hydrogens is 342 g/mol. The van der Waals surface area contributed by atoms with E-state index in [-0.39, 0.29) is 0 Å². The molecule has 0 fully saturated rings. The number of rotatable bonds is 11. The molecule has 1 aromatic carbocycles. The highest BCUT2D eigenvalue weighted by Gasteiger charge is 2.18. The molecule has 0 spiro atoms. The Kier molecular flexibility index (Phi) is 8.17. The lowest BCUT2D eigenvalue weighted by atomic mass is 10.1. The van der Waals surface area contributed by atoms with E-state index in [2.05, 4.69) is 24.1 Å². The third kappa shape index (κ3) is 5.25. The lowest BCUT2D eigenvalue weighted by Crippen LogP contribution is -2.10. The number of ether oxygens (including phenoxy) is 3. The molecule has 1 N–H and O–H groups in total. The van der Waals surface area contributed by atoms with Crippen LogP contribution in [0.5, 0.6) is 17.4 Å². The van der Waals surface area contributed by atoms with Crippen LogP contribution in [0, 0.1) is 0 Å². The van der Waals surface area contributed by atoms with Gasteiger partial charge in [-0.3, -0.25) is 0 Å². The van der Waals surface area contributed by atoms with Gasteiger partial charge in [0.1, 0.15) is 17.2 Å². The van der Waals surface area contributed by atoms with Gasteiger partial charge in [-0.05, 0) is 31.9 Å². The van der Waals surface area contributed by atoms with Crippen molar-refractivity contribution in [2.24, 2.45) is 0 Å². The summed E-state index contributed by atoms with van der Waals surface area (Å²) in [7, 11) is 3.25. The van der Waals surface area contributed by atoms with Crippen molar-refractivity contribution >= 4 is 5.82 Å². The van der Waals surface area contributed by atoms with Crippen molar-refractivity contribution in [1.29, 1.82) is 0 Å². The van der Waals surface area contributed by atoms with E-state index in [1.165, 1.54) is 12.8 Å². The standard InChI is InChI=1S/C21H31N3O3/c1-6-9-10-13-22-20-17(7-2)23-19(21(24-20)26-5)16-12-11-15(27-8-3)14-18(16)25-4/h11-12,14H,6-10,13H2,1-5H3,(H,22,24). The Hall–Kier alpha value is -2.50. The van der Waals surface area contributed by atoms with E-state index in [1.54, 1.807) is 14.2 Å². The molecule has 0 aliphatic rings. The molecule has 0 saturated carbocycles. The van der Waals surface area contributed by atoms with Crippen LogP contribution in [0.2, 0.25) is 0 Å². The third-order valence-electron chi connectivity index (χ3n) is 4.28. The van der Waals surface area contributed by atoms with Gasteiger partial charge in [0.05, 0.1) is 26.5 Å². The van der Waals surface area contributed by atoms with Crippen LogP contribution in [0.1, 0.15) is 45.7 Å². The quantitative estimate of drug-likeness (QED) is 0.575. The van der Waals surface area contributed by atoms with Crippen molar-refractivity contribution in [3.05, 3.63) is 23.9 Å².